The molecule has 1 rings (SSSR count). The van der Waals surface area contributed by atoms with Crippen LogP contribution in [0.2, 0.25) is 0 Å². The Labute approximate surface area is 119 Å². The van der Waals surface area contributed by atoms with Gasteiger partial charge in [-0.15, -0.1) is 0 Å². The van der Waals surface area contributed by atoms with E-state index >= 15 is 0 Å². The summed E-state index contributed by atoms with van der Waals surface area (Å²) < 4.78 is 5.18. The maximum absolute atomic E-state index is 12.1. The van der Waals surface area contributed by atoms with Crippen LogP contribution in [0, 0.1) is 17.2 Å². The van der Waals surface area contributed by atoms with Gasteiger partial charge in [-0.05, 0) is 12.3 Å². The Morgan fingerprint density at radius 3 is 2.55 bits per heavy atom. The molecule has 0 unspecified atom stereocenters. The van der Waals surface area contributed by atoms with Crippen LogP contribution in [0.3, 0.4) is 0 Å². The summed E-state index contributed by atoms with van der Waals surface area (Å²) in [6, 6.07) is 0.981. The molecular formula is C13H22N4O3. The molecule has 112 valence electrons. The number of hydrogen-bond donors (Lipinski definition) is 2. The molecule has 1 saturated heterocycles. The summed E-state index contributed by atoms with van der Waals surface area (Å²) in [5.41, 5.74) is 0. The number of nitriles is 1. The van der Waals surface area contributed by atoms with Gasteiger partial charge in [-0.2, -0.15) is 5.26 Å². The van der Waals surface area contributed by atoms with Gasteiger partial charge in [0.05, 0.1) is 19.3 Å². The van der Waals surface area contributed by atoms with E-state index in [1.165, 1.54) is 0 Å². The van der Waals surface area contributed by atoms with E-state index in [4.69, 9.17) is 10.00 Å². The van der Waals surface area contributed by atoms with Gasteiger partial charge in [-0.1, -0.05) is 13.8 Å². The van der Waals surface area contributed by atoms with Crippen LogP contribution in [-0.2, 0) is 9.53 Å². The van der Waals surface area contributed by atoms with Crippen LogP contribution in [0.5, 0.6) is 0 Å². The topological polar surface area (TPSA) is 94.5 Å². The Balaban J connectivity index is 2.56. The molecule has 0 spiro atoms. The Morgan fingerprint density at radius 2 is 2.00 bits per heavy atom. The predicted molar refractivity (Wildman–Crippen MR) is 72.8 cm³/mol. The van der Waals surface area contributed by atoms with Crippen molar-refractivity contribution >= 4 is 11.9 Å². The molecule has 7 nitrogen and oxygen atoms in total. The molecule has 0 aromatic rings. The first kappa shape index (κ1) is 16.2. The van der Waals surface area contributed by atoms with E-state index in [1.54, 1.807) is 4.90 Å². The third kappa shape index (κ3) is 5.45. The van der Waals surface area contributed by atoms with Crippen molar-refractivity contribution in [2.24, 2.45) is 5.92 Å². The minimum absolute atomic E-state index is 0.0547. The number of rotatable bonds is 5. The van der Waals surface area contributed by atoms with Crippen molar-refractivity contribution in [1.29, 1.82) is 5.26 Å². The molecule has 1 atom stereocenters. The van der Waals surface area contributed by atoms with Gasteiger partial charge in [-0.3, -0.25) is 4.79 Å². The molecule has 0 aromatic heterocycles. The Hall–Kier alpha value is -1.81. The molecular weight excluding hydrogens is 260 g/mol. The highest BCUT2D eigenvalue weighted by atomic mass is 16.5. The van der Waals surface area contributed by atoms with Crippen molar-refractivity contribution in [1.82, 2.24) is 15.5 Å². The molecule has 7 heteroatoms. The van der Waals surface area contributed by atoms with Crippen LogP contribution in [0.1, 0.15) is 20.3 Å². The molecule has 1 fully saturated rings. The zero-order chi connectivity index (χ0) is 15.0. The molecule has 20 heavy (non-hydrogen) atoms. The summed E-state index contributed by atoms with van der Waals surface area (Å²) in [4.78, 5) is 25.7. The van der Waals surface area contributed by atoms with Gasteiger partial charge in [0.15, 0.2) is 0 Å². The third-order valence-corrected chi connectivity index (χ3v) is 2.96. The summed E-state index contributed by atoms with van der Waals surface area (Å²) in [7, 11) is 0. The lowest BCUT2D eigenvalue weighted by Gasteiger charge is -2.29. The van der Waals surface area contributed by atoms with Gasteiger partial charge >= 0.3 is 6.03 Å². The van der Waals surface area contributed by atoms with Crippen molar-refractivity contribution in [3.05, 3.63) is 0 Å². The van der Waals surface area contributed by atoms with Crippen LogP contribution < -0.4 is 10.6 Å². The number of nitrogens with zero attached hydrogens (tertiary/aromatic N) is 2. The second-order valence-electron chi connectivity index (χ2n) is 5.11. The zero-order valence-corrected chi connectivity index (χ0v) is 12.0. The molecule has 2 N–H and O–H groups in total. The number of ether oxygens (including phenoxy) is 1. The minimum atomic E-state index is -0.612. The van der Waals surface area contributed by atoms with E-state index < -0.39 is 6.04 Å². The van der Waals surface area contributed by atoms with Crippen molar-refractivity contribution < 1.29 is 14.3 Å². The fourth-order valence-corrected chi connectivity index (χ4v) is 1.96. The van der Waals surface area contributed by atoms with E-state index in [9.17, 15) is 9.59 Å². The van der Waals surface area contributed by atoms with Crippen molar-refractivity contribution in [2.75, 3.05) is 32.8 Å². The fourth-order valence-electron chi connectivity index (χ4n) is 1.96. The van der Waals surface area contributed by atoms with Crippen molar-refractivity contribution in [3.63, 3.8) is 0 Å². The van der Waals surface area contributed by atoms with Gasteiger partial charge in [0.1, 0.15) is 12.6 Å². The first-order chi connectivity index (χ1) is 9.54. The molecule has 0 aromatic carbocycles. The Kier molecular flexibility index (Phi) is 6.81. The molecule has 3 amide bonds. The summed E-state index contributed by atoms with van der Waals surface area (Å²) in [5.74, 6) is -0.0558. The number of nitrogens with one attached hydrogen (secondary N) is 2. The van der Waals surface area contributed by atoms with E-state index in [0.717, 1.165) is 0 Å². The van der Waals surface area contributed by atoms with Gasteiger partial charge in [0.25, 0.3) is 0 Å². The number of hydrogen-bond acceptors (Lipinski definition) is 4. The summed E-state index contributed by atoms with van der Waals surface area (Å²) >= 11 is 0. The van der Waals surface area contributed by atoms with E-state index in [2.05, 4.69) is 10.6 Å². The van der Waals surface area contributed by atoms with Gasteiger partial charge in [0, 0.05) is 13.1 Å². The van der Waals surface area contributed by atoms with Crippen LogP contribution in [0.4, 0.5) is 4.79 Å². The Bertz CT molecular complexity index is 372. The van der Waals surface area contributed by atoms with Gasteiger partial charge < -0.3 is 20.3 Å². The van der Waals surface area contributed by atoms with Gasteiger partial charge in [-0.25, -0.2) is 4.79 Å². The number of morpholine rings is 1. The lowest BCUT2D eigenvalue weighted by molar-refractivity contribution is -0.123. The Morgan fingerprint density at radius 1 is 1.35 bits per heavy atom. The van der Waals surface area contributed by atoms with E-state index in [0.29, 0.717) is 32.7 Å². The summed E-state index contributed by atoms with van der Waals surface area (Å²) in [6.45, 7) is 5.99. The summed E-state index contributed by atoms with van der Waals surface area (Å²) in [5, 5.41) is 13.7. The summed E-state index contributed by atoms with van der Waals surface area (Å²) in [6.07, 6.45) is 0.535. The smallest absolute Gasteiger partial charge is 0.318 e. The molecule has 0 saturated carbocycles. The number of amides is 3. The quantitative estimate of drug-likeness (QED) is 0.698. The lowest BCUT2D eigenvalue weighted by Crippen LogP contribution is -2.53. The van der Waals surface area contributed by atoms with Crippen LogP contribution in [-0.4, -0.2) is 55.7 Å². The number of urea groups is 1. The average Bonchev–Trinajstić information content (AvgIpc) is 2.44. The minimum Gasteiger partial charge on any atom is -0.378 e. The largest absolute Gasteiger partial charge is 0.378 e. The maximum Gasteiger partial charge on any atom is 0.318 e. The van der Waals surface area contributed by atoms with Crippen LogP contribution >= 0.6 is 0 Å². The molecule has 0 aliphatic carbocycles. The first-order valence-electron chi connectivity index (χ1n) is 6.82. The predicted octanol–water partition coefficient (Wildman–Crippen LogP) is 0.0827. The van der Waals surface area contributed by atoms with E-state index in [1.807, 2.05) is 19.9 Å². The lowest BCUT2D eigenvalue weighted by atomic mass is 10.0. The molecule has 1 heterocycles. The highest BCUT2D eigenvalue weighted by Crippen LogP contribution is 2.06. The molecule has 0 radical (unpaired) electrons. The second-order valence-corrected chi connectivity index (χ2v) is 5.11. The SMILES string of the molecule is CC(C)C[C@H](NC(=O)N1CCOCC1)C(=O)NCC#N. The maximum atomic E-state index is 12.1. The van der Waals surface area contributed by atoms with Crippen molar-refractivity contribution in [3.8, 4) is 6.07 Å². The van der Waals surface area contributed by atoms with E-state index in [-0.39, 0.29) is 24.4 Å². The monoisotopic (exact) mass is 282 g/mol. The van der Waals surface area contributed by atoms with Crippen molar-refractivity contribution in [2.45, 2.75) is 26.3 Å². The first-order valence-corrected chi connectivity index (χ1v) is 6.82. The zero-order valence-electron chi connectivity index (χ0n) is 12.0. The highest BCUT2D eigenvalue weighted by molar-refractivity contribution is 5.87. The second kappa shape index (κ2) is 8.38. The number of carbonyl (C=O) groups is 2. The van der Waals surface area contributed by atoms with Gasteiger partial charge in [0.2, 0.25) is 5.91 Å². The normalized spacial score (nSPS) is 16.4. The average molecular weight is 282 g/mol. The molecule has 1 aliphatic heterocycles. The van der Waals surface area contributed by atoms with Crippen LogP contribution in [0.15, 0.2) is 0 Å². The fraction of sp³-hybridized carbons (Fsp3) is 0.769. The molecule has 0 bridgehead atoms. The van der Waals surface area contributed by atoms with Crippen LogP contribution in [0.25, 0.3) is 0 Å². The highest BCUT2D eigenvalue weighted by Gasteiger charge is 2.25. The third-order valence-electron chi connectivity index (χ3n) is 2.96. The standard InChI is InChI=1S/C13H22N4O3/c1-10(2)9-11(12(18)15-4-3-14)16-13(19)17-5-7-20-8-6-17/h10-11H,4-9H2,1-2H3,(H,15,18)(H,16,19)/t11-/m0/s1. The number of carbonyl (C=O) groups excluding carboxylic acids is 2. The molecule has 1 aliphatic rings.